The first kappa shape index (κ1) is 18.2. The van der Waals surface area contributed by atoms with Crippen LogP contribution in [0.4, 0.5) is 11.4 Å². The average molecular weight is 386 g/mol. The lowest BCUT2D eigenvalue weighted by Gasteiger charge is -2.46. The van der Waals surface area contributed by atoms with Crippen LogP contribution in [0.1, 0.15) is 43.9 Å². The maximum atomic E-state index is 6.90. The minimum absolute atomic E-state index is 0.251. The van der Waals surface area contributed by atoms with Crippen molar-refractivity contribution in [2.45, 2.75) is 52.2 Å². The third kappa shape index (κ3) is 2.26. The second-order valence-electron chi connectivity index (χ2n) is 8.72. The summed E-state index contributed by atoms with van der Waals surface area (Å²) in [5.41, 5.74) is 6.20. The Kier molecular flexibility index (Phi) is 3.79. The summed E-state index contributed by atoms with van der Waals surface area (Å²) in [7, 11) is 0. The Labute approximate surface area is 172 Å². The summed E-state index contributed by atoms with van der Waals surface area (Å²) in [5, 5.41) is 1.03. The molecule has 0 fully saturated rings. The van der Waals surface area contributed by atoms with E-state index < -0.39 is 5.72 Å². The Balaban J connectivity index is 1.74. The fourth-order valence-electron chi connectivity index (χ4n) is 5.11. The summed E-state index contributed by atoms with van der Waals surface area (Å²) in [4.78, 5) is 11.9. The Morgan fingerprint density at radius 1 is 1.07 bits per heavy atom. The zero-order chi connectivity index (χ0) is 20.4. The van der Waals surface area contributed by atoms with Gasteiger partial charge in [-0.3, -0.25) is 9.98 Å². The highest BCUT2D eigenvalue weighted by molar-refractivity contribution is 5.98. The van der Waals surface area contributed by atoms with Crippen molar-refractivity contribution in [3.8, 4) is 5.75 Å². The quantitative estimate of drug-likeness (QED) is 0.555. The molecule has 0 aliphatic carbocycles. The second-order valence-corrected chi connectivity index (χ2v) is 8.72. The molecule has 29 heavy (non-hydrogen) atoms. The van der Waals surface area contributed by atoms with Crippen LogP contribution in [-0.4, -0.2) is 23.5 Å². The van der Waals surface area contributed by atoms with Crippen LogP contribution in [0.25, 0.3) is 10.9 Å². The molecule has 2 aliphatic heterocycles. The minimum atomic E-state index is -0.646. The Morgan fingerprint density at radius 3 is 2.69 bits per heavy atom. The van der Waals surface area contributed by atoms with Gasteiger partial charge in [-0.25, -0.2) is 0 Å². The molecule has 0 bridgehead atoms. The normalized spacial score (nSPS) is 21.3. The van der Waals surface area contributed by atoms with Crippen LogP contribution in [0, 0.1) is 13.8 Å². The van der Waals surface area contributed by atoms with Gasteiger partial charge in [0.05, 0.1) is 17.1 Å². The number of aryl methyl sites for hydroxylation is 1. The Bertz CT molecular complexity index is 1160. The van der Waals surface area contributed by atoms with Crippen molar-refractivity contribution in [3.05, 3.63) is 59.3 Å². The van der Waals surface area contributed by atoms with Crippen molar-refractivity contribution in [3.63, 3.8) is 0 Å². The van der Waals surface area contributed by atoms with Crippen molar-refractivity contribution in [2.24, 2.45) is 4.99 Å². The molecule has 2 aromatic carbocycles. The number of hydrogen-bond donors (Lipinski definition) is 0. The molecular formula is C25H27N3O. The van der Waals surface area contributed by atoms with Crippen molar-refractivity contribution in [1.82, 2.24) is 4.98 Å². The maximum Gasteiger partial charge on any atom is 0.228 e. The van der Waals surface area contributed by atoms with Crippen molar-refractivity contribution >= 4 is 28.5 Å². The van der Waals surface area contributed by atoms with Gasteiger partial charge in [-0.15, -0.1) is 0 Å². The Morgan fingerprint density at radius 2 is 1.90 bits per heavy atom. The predicted molar refractivity (Wildman–Crippen MR) is 120 cm³/mol. The molecular weight excluding hydrogens is 358 g/mol. The number of nitrogens with zero attached hydrogens (tertiary/aromatic N) is 3. The van der Waals surface area contributed by atoms with Crippen LogP contribution in [-0.2, 0) is 5.41 Å². The van der Waals surface area contributed by atoms with Crippen LogP contribution >= 0.6 is 0 Å². The van der Waals surface area contributed by atoms with Crippen molar-refractivity contribution in [1.29, 1.82) is 0 Å². The molecule has 3 heterocycles. The predicted octanol–water partition coefficient (Wildman–Crippen LogP) is 5.85. The topological polar surface area (TPSA) is 37.7 Å². The van der Waals surface area contributed by atoms with Gasteiger partial charge in [0.2, 0.25) is 5.72 Å². The van der Waals surface area contributed by atoms with Gasteiger partial charge in [-0.2, -0.15) is 0 Å². The zero-order valence-electron chi connectivity index (χ0n) is 17.8. The molecule has 1 aromatic heterocycles. The van der Waals surface area contributed by atoms with Gasteiger partial charge in [0, 0.05) is 23.8 Å². The number of ether oxygens (including phenoxy) is 1. The smallest absolute Gasteiger partial charge is 0.228 e. The molecule has 3 aromatic rings. The van der Waals surface area contributed by atoms with E-state index in [4.69, 9.17) is 9.73 Å². The van der Waals surface area contributed by atoms with Gasteiger partial charge in [-0.05, 0) is 81.1 Å². The molecule has 0 saturated heterocycles. The standard InChI is InChI=1S/C25H27N3O/c1-6-14-28-20-11-9-16(2)17(3)22(20)24(4,5)25(28)15-27-23-18-8-7-13-26-19(18)10-12-21(23)29-25/h7-13,15H,6,14H2,1-5H3. The van der Waals surface area contributed by atoms with E-state index in [1.807, 2.05) is 30.6 Å². The third-order valence-corrected chi connectivity index (χ3v) is 6.73. The lowest BCUT2D eigenvalue weighted by Crippen LogP contribution is -2.62. The van der Waals surface area contributed by atoms with Crippen LogP contribution in [0.3, 0.4) is 0 Å². The van der Waals surface area contributed by atoms with Gasteiger partial charge in [0.1, 0.15) is 11.4 Å². The first-order chi connectivity index (χ1) is 13.9. The average Bonchev–Trinajstić information content (AvgIpc) is 2.89. The second kappa shape index (κ2) is 6.06. The number of rotatable bonds is 2. The lowest BCUT2D eigenvalue weighted by molar-refractivity contribution is 0.0776. The number of aliphatic imine (C=N–C) groups is 1. The number of hydrogen-bond acceptors (Lipinski definition) is 4. The summed E-state index contributed by atoms with van der Waals surface area (Å²) in [6, 6.07) is 12.5. The van der Waals surface area contributed by atoms with Gasteiger partial charge in [0.25, 0.3) is 0 Å². The summed E-state index contributed by atoms with van der Waals surface area (Å²) in [5.74, 6) is 0.823. The summed E-state index contributed by atoms with van der Waals surface area (Å²) < 4.78 is 6.90. The number of fused-ring (bicyclic) bond motifs is 4. The molecule has 0 N–H and O–H groups in total. The number of anilines is 1. The van der Waals surface area contributed by atoms with Crippen molar-refractivity contribution < 1.29 is 4.74 Å². The summed E-state index contributed by atoms with van der Waals surface area (Å²) >= 11 is 0. The third-order valence-electron chi connectivity index (χ3n) is 6.73. The van der Waals surface area contributed by atoms with Gasteiger partial charge in [0.15, 0.2) is 0 Å². The highest BCUT2D eigenvalue weighted by Gasteiger charge is 2.60. The van der Waals surface area contributed by atoms with E-state index in [0.29, 0.717) is 0 Å². The molecule has 1 spiro atoms. The monoisotopic (exact) mass is 385 g/mol. The molecule has 0 amide bonds. The molecule has 1 atom stereocenters. The van der Waals surface area contributed by atoms with E-state index in [0.717, 1.165) is 35.3 Å². The number of benzene rings is 2. The fraction of sp³-hybridized carbons (Fsp3) is 0.360. The van der Waals surface area contributed by atoms with Crippen LogP contribution in [0.5, 0.6) is 5.75 Å². The fourth-order valence-corrected chi connectivity index (χ4v) is 5.11. The Hall–Kier alpha value is -2.88. The molecule has 0 saturated carbocycles. The molecule has 0 radical (unpaired) electrons. The summed E-state index contributed by atoms with van der Waals surface area (Å²) in [6.07, 6.45) is 4.89. The van der Waals surface area contributed by atoms with Gasteiger partial charge in [-0.1, -0.05) is 13.0 Å². The molecule has 2 aliphatic rings. The molecule has 1 unspecified atom stereocenters. The molecule has 4 nitrogen and oxygen atoms in total. The molecule has 148 valence electrons. The van der Waals surface area contributed by atoms with E-state index in [2.05, 4.69) is 62.7 Å². The first-order valence-electron chi connectivity index (χ1n) is 10.4. The lowest BCUT2D eigenvalue weighted by atomic mass is 9.75. The van der Waals surface area contributed by atoms with E-state index in [1.165, 1.54) is 22.4 Å². The number of pyridine rings is 1. The van der Waals surface area contributed by atoms with Gasteiger partial charge >= 0.3 is 0 Å². The van der Waals surface area contributed by atoms with Crippen LogP contribution < -0.4 is 9.64 Å². The maximum absolute atomic E-state index is 6.90. The highest BCUT2D eigenvalue weighted by atomic mass is 16.5. The molecule has 4 heteroatoms. The van der Waals surface area contributed by atoms with E-state index >= 15 is 0 Å². The van der Waals surface area contributed by atoms with Gasteiger partial charge < -0.3 is 9.64 Å². The van der Waals surface area contributed by atoms with E-state index in [-0.39, 0.29) is 5.41 Å². The largest absolute Gasteiger partial charge is 0.459 e. The zero-order valence-corrected chi connectivity index (χ0v) is 17.8. The van der Waals surface area contributed by atoms with E-state index in [9.17, 15) is 0 Å². The summed E-state index contributed by atoms with van der Waals surface area (Å²) in [6.45, 7) is 12.1. The highest BCUT2D eigenvalue weighted by Crippen LogP contribution is 2.56. The van der Waals surface area contributed by atoms with Crippen LogP contribution in [0.2, 0.25) is 0 Å². The first-order valence-corrected chi connectivity index (χ1v) is 10.4. The SMILES string of the molecule is CCCN1c2ccc(C)c(C)c2C(C)(C)C12C=Nc1c(ccc3ncccc13)O2. The van der Waals surface area contributed by atoms with E-state index in [1.54, 1.807) is 0 Å². The van der Waals surface area contributed by atoms with Crippen LogP contribution in [0.15, 0.2) is 47.6 Å². The number of aromatic nitrogens is 1. The molecule has 5 rings (SSSR count). The minimum Gasteiger partial charge on any atom is -0.459 e. The van der Waals surface area contributed by atoms with Crippen molar-refractivity contribution in [2.75, 3.05) is 11.4 Å².